The summed E-state index contributed by atoms with van der Waals surface area (Å²) in [7, 11) is 1.96. The second-order valence-electron chi connectivity index (χ2n) is 4.61. The van der Waals surface area contributed by atoms with Gasteiger partial charge in [0.1, 0.15) is 11.6 Å². The summed E-state index contributed by atoms with van der Waals surface area (Å²) in [6.07, 6.45) is 5.23. The molecule has 0 fully saturated rings. The molecular weight excluding hydrogens is 229 g/mol. The van der Waals surface area contributed by atoms with Gasteiger partial charge in [-0.2, -0.15) is 0 Å². The predicted octanol–water partition coefficient (Wildman–Crippen LogP) is 2.50. The van der Waals surface area contributed by atoms with E-state index in [0.29, 0.717) is 5.56 Å². The van der Waals surface area contributed by atoms with Crippen molar-refractivity contribution in [1.29, 1.82) is 0 Å². The van der Waals surface area contributed by atoms with Crippen molar-refractivity contribution in [3.8, 4) is 0 Å². The van der Waals surface area contributed by atoms with Crippen LogP contribution in [0.2, 0.25) is 0 Å². The van der Waals surface area contributed by atoms with Gasteiger partial charge in [0.25, 0.3) is 0 Å². The first kappa shape index (κ1) is 12.8. The number of hydrogen-bond acceptors (Lipinski definition) is 2. The monoisotopic (exact) mass is 247 g/mol. The average Bonchev–Trinajstić information content (AvgIpc) is 2.75. The number of hydrogen-bond donors (Lipinski definition) is 1. The van der Waals surface area contributed by atoms with E-state index in [1.54, 1.807) is 19.2 Å². The molecule has 0 aliphatic carbocycles. The van der Waals surface area contributed by atoms with Crippen molar-refractivity contribution in [2.45, 2.75) is 25.8 Å². The smallest absolute Gasteiger partial charge is 0.126 e. The van der Waals surface area contributed by atoms with Crippen LogP contribution >= 0.6 is 0 Å². The molecule has 2 rings (SSSR count). The summed E-state index contributed by atoms with van der Waals surface area (Å²) in [5.74, 6) is 0.804. The van der Waals surface area contributed by atoms with Crippen LogP contribution < -0.4 is 5.73 Å². The van der Waals surface area contributed by atoms with Gasteiger partial charge >= 0.3 is 0 Å². The number of benzene rings is 1. The lowest BCUT2D eigenvalue weighted by molar-refractivity contribution is 0.594. The molecule has 1 aromatic heterocycles. The SMILES string of the molecule is Cc1ccc(C(N)CCc2nccn2C)cc1F. The van der Waals surface area contributed by atoms with Gasteiger partial charge in [0.2, 0.25) is 0 Å². The summed E-state index contributed by atoms with van der Waals surface area (Å²) in [6.45, 7) is 1.75. The van der Waals surface area contributed by atoms with E-state index in [4.69, 9.17) is 5.73 Å². The highest BCUT2D eigenvalue weighted by Gasteiger charge is 2.10. The number of halogens is 1. The van der Waals surface area contributed by atoms with E-state index < -0.39 is 0 Å². The van der Waals surface area contributed by atoms with Crippen molar-refractivity contribution in [3.63, 3.8) is 0 Å². The van der Waals surface area contributed by atoms with Crippen LogP contribution in [-0.4, -0.2) is 9.55 Å². The molecule has 1 heterocycles. The first-order valence-electron chi connectivity index (χ1n) is 6.05. The van der Waals surface area contributed by atoms with Crippen LogP contribution in [0.3, 0.4) is 0 Å². The number of aryl methyl sites for hydroxylation is 3. The molecule has 3 nitrogen and oxygen atoms in total. The first-order valence-corrected chi connectivity index (χ1v) is 6.05. The normalized spacial score (nSPS) is 12.7. The molecule has 18 heavy (non-hydrogen) atoms. The largest absolute Gasteiger partial charge is 0.338 e. The number of rotatable bonds is 4. The van der Waals surface area contributed by atoms with E-state index in [1.165, 1.54) is 6.07 Å². The minimum atomic E-state index is -0.194. The van der Waals surface area contributed by atoms with Crippen molar-refractivity contribution >= 4 is 0 Å². The van der Waals surface area contributed by atoms with Crippen molar-refractivity contribution in [1.82, 2.24) is 9.55 Å². The Kier molecular flexibility index (Phi) is 3.77. The topological polar surface area (TPSA) is 43.8 Å². The lowest BCUT2D eigenvalue weighted by atomic mass is 10.0. The Bertz CT molecular complexity index is 534. The van der Waals surface area contributed by atoms with E-state index in [-0.39, 0.29) is 11.9 Å². The van der Waals surface area contributed by atoms with Crippen molar-refractivity contribution in [2.75, 3.05) is 0 Å². The van der Waals surface area contributed by atoms with Gasteiger partial charge < -0.3 is 10.3 Å². The predicted molar refractivity (Wildman–Crippen MR) is 69.6 cm³/mol. The van der Waals surface area contributed by atoms with Crippen LogP contribution in [0.5, 0.6) is 0 Å². The molecule has 0 saturated carbocycles. The average molecular weight is 247 g/mol. The zero-order valence-electron chi connectivity index (χ0n) is 10.7. The maximum absolute atomic E-state index is 13.4. The molecule has 2 aromatic rings. The Morgan fingerprint density at radius 3 is 2.83 bits per heavy atom. The first-order chi connectivity index (χ1) is 8.58. The Balaban J connectivity index is 2.01. The highest BCUT2D eigenvalue weighted by molar-refractivity contribution is 5.25. The van der Waals surface area contributed by atoms with Gasteiger partial charge in [0.15, 0.2) is 0 Å². The van der Waals surface area contributed by atoms with Gasteiger partial charge in [0.05, 0.1) is 0 Å². The van der Waals surface area contributed by atoms with Gasteiger partial charge in [-0.1, -0.05) is 12.1 Å². The fraction of sp³-hybridized carbons (Fsp3) is 0.357. The molecule has 1 atom stereocenters. The standard InChI is InChI=1S/C14H18FN3/c1-10-3-4-11(9-12(10)15)13(16)5-6-14-17-7-8-18(14)2/h3-4,7-9,13H,5-6,16H2,1-2H3. The summed E-state index contributed by atoms with van der Waals surface area (Å²) >= 11 is 0. The number of nitrogens with two attached hydrogens (primary N) is 1. The van der Waals surface area contributed by atoms with Crippen LogP contribution in [0, 0.1) is 12.7 Å². The molecule has 0 aliphatic heterocycles. The number of nitrogens with zero attached hydrogens (tertiary/aromatic N) is 2. The maximum atomic E-state index is 13.4. The van der Waals surface area contributed by atoms with Crippen molar-refractivity contribution < 1.29 is 4.39 Å². The summed E-state index contributed by atoms with van der Waals surface area (Å²) in [5, 5.41) is 0. The molecule has 2 N–H and O–H groups in total. The highest BCUT2D eigenvalue weighted by atomic mass is 19.1. The fourth-order valence-electron chi connectivity index (χ4n) is 1.93. The van der Waals surface area contributed by atoms with Gasteiger partial charge in [-0.05, 0) is 30.5 Å². The Morgan fingerprint density at radius 2 is 2.22 bits per heavy atom. The van der Waals surface area contributed by atoms with Crippen molar-refractivity contribution in [2.24, 2.45) is 12.8 Å². The van der Waals surface area contributed by atoms with E-state index >= 15 is 0 Å². The van der Waals surface area contributed by atoms with Gasteiger partial charge in [-0.15, -0.1) is 0 Å². The lowest BCUT2D eigenvalue weighted by Gasteiger charge is -2.12. The third-order valence-corrected chi connectivity index (χ3v) is 3.22. The van der Waals surface area contributed by atoms with Crippen LogP contribution in [0.1, 0.15) is 29.4 Å². The molecule has 0 radical (unpaired) electrons. The third kappa shape index (κ3) is 2.76. The zero-order chi connectivity index (χ0) is 13.1. The maximum Gasteiger partial charge on any atom is 0.126 e. The molecule has 0 saturated heterocycles. The molecule has 1 unspecified atom stereocenters. The minimum absolute atomic E-state index is 0.156. The minimum Gasteiger partial charge on any atom is -0.338 e. The second-order valence-corrected chi connectivity index (χ2v) is 4.61. The molecule has 0 bridgehead atoms. The van der Waals surface area contributed by atoms with Crippen molar-refractivity contribution in [3.05, 3.63) is 53.4 Å². The van der Waals surface area contributed by atoms with Gasteiger partial charge in [-0.25, -0.2) is 9.37 Å². The van der Waals surface area contributed by atoms with E-state index in [2.05, 4.69) is 4.98 Å². The summed E-state index contributed by atoms with van der Waals surface area (Å²) in [6, 6.07) is 5.03. The van der Waals surface area contributed by atoms with Crippen LogP contribution in [-0.2, 0) is 13.5 Å². The van der Waals surface area contributed by atoms with Gasteiger partial charge in [0, 0.05) is 31.9 Å². The lowest BCUT2D eigenvalue weighted by Crippen LogP contribution is -2.13. The molecule has 0 spiro atoms. The van der Waals surface area contributed by atoms with E-state index in [1.807, 2.05) is 23.9 Å². The molecule has 4 heteroatoms. The summed E-state index contributed by atoms with van der Waals surface area (Å²) < 4.78 is 15.4. The van der Waals surface area contributed by atoms with Crippen LogP contribution in [0.15, 0.2) is 30.6 Å². The third-order valence-electron chi connectivity index (χ3n) is 3.22. The van der Waals surface area contributed by atoms with Crippen LogP contribution in [0.4, 0.5) is 4.39 Å². The molecule has 0 aliphatic rings. The zero-order valence-corrected chi connectivity index (χ0v) is 10.7. The van der Waals surface area contributed by atoms with E-state index in [0.717, 1.165) is 24.2 Å². The molecule has 0 amide bonds. The Morgan fingerprint density at radius 1 is 1.44 bits per heavy atom. The Hall–Kier alpha value is -1.68. The fourth-order valence-corrected chi connectivity index (χ4v) is 1.93. The van der Waals surface area contributed by atoms with E-state index in [9.17, 15) is 4.39 Å². The van der Waals surface area contributed by atoms with Gasteiger partial charge in [-0.3, -0.25) is 0 Å². The quantitative estimate of drug-likeness (QED) is 0.902. The van der Waals surface area contributed by atoms with Crippen LogP contribution in [0.25, 0.3) is 0 Å². The summed E-state index contributed by atoms with van der Waals surface area (Å²) in [5.41, 5.74) is 7.57. The highest BCUT2D eigenvalue weighted by Crippen LogP contribution is 2.18. The number of imidazole rings is 1. The second kappa shape index (κ2) is 5.31. The number of aromatic nitrogens is 2. The molecule has 96 valence electrons. The molecular formula is C14H18FN3. The molecule has 1 aromatic carbocycles. The Labute approximate surface area is 106 Å². The summed E-state index contributed by atoms with van der Waals surface area (Å²) in [4.78, 5) is 4.25.